The fraction of sp³-hybridized carbons (Fsp3) is 0.167. The van der Waals surface area contributed by atoms with E-state index in [1.165, 1.54) is 0 Å². The molecule has 3 aromatic heterocycles. The molecule has 0 spiro atoms. The molecule has 17 heavy (non-hydrogen) atoms. The summed E-state index contributed by atoms with van der Waals surface area (Å²) < 4.78 is 6.31. The SMILES string of the molecule is Cc1ncccc1-c1noc2c(N)c(C)sc12. The van der Waals surface area contributed by atoms with Gasteiger partial charge in [0.25, 0.3) is 0 Å². The van der Waals surface area contributed by atoms with Crippen LogP contribution in [0.1, 0.15) is 10.6 Å². The zero-order valence-corrected chi connectivity index (χ0v) is 10.3. The zero-order valence-electron chi connectivity index (χ0n) is 9.52. The van der Waals surface area contributed by atoms with Crippen LogP contribution < -0.4 is 5.73 Å². The lowest BCUT2D eigenvalue weighted by molar-refractivity contribution is 0.460. The molecular formula is C12H11N3OS. The van der Waals surface area contributed by atoms with Crippen LogP contribution in [0.3, 0.4) is 0 Å². The molecule has 0 amide bonds. The van der Waals surface area contributed by atoms with Gasteiger partial charge < -0.3 is 10.3 Å². The third-order valence-electron chi connectivity index (χ3n) is 2.79. The smallest absolute Gasteiger partial charge is 0.201 e. The molecule has 4 nitrogen and oxygen atoms in total. The lowest BCUT2D eigenvalue weighted by Gasteiger charge is -1.98. The third-order valence-corrected chi connectivity index (χ3v) is 3.90. The molecule has 0 aliphatic rings. The highest BCUT2D eigenvalue weighted by Gasteiger charge is 2.18. The molecule has 0 aromatic carbocycles. The van der Waals surface area contributed by atoms with E-state index in [1.807, 2.05) is 26.0 Å². The highest BCUT2D eigenvalue weighted by molar-refractivity contribution is 7.20. The summed E-state index contributed by atoms with van der Waals surface area (Å²) in [7, 11) is 0. The summed E-state index contributed by atoms with van der Waals surface area (Å²) in [5.74, 6) is 0. The number of nitrogen functional groups attached to an aromatic ring is 1. The van der Waals surface area contributed by atoms with Crippen LogP contribution in [0.4, 0.5) is 5.69 Å². The number of nitrogens with two attached hydrogens (primary N) is 1. The predicted octanol–water partition coefficient (Wildman–Crippen LogP) is 3.15. The topological polar surface area (TPSA) is 64.9 Å². The first-order chi connectivity index (χ1) is 8.18. The molecule has 3 heterocycles. The minimum atomic E-state index is 0.685. The van der Waals surface area contributed by atoms with E-state index < -0.39 is 0 Å². The number of nitrogens with zero attached hydrogens (tertiary/aromatic N) is 2. The van der Waals surface area contributed by atoms with E-state index in [-0.39, 0.29) is 0 Å². The van der Waals surface area contributed by atoms with Gasteiger partial charge in [0.05, 0.1) is 5.69 Å². The Hall–Kier alpha value is -1.88. The third kappa shape index (κ3) is 1.43. The van der Waals surface area contributed by atoms with E-state index in [0.717, 1.165) is 26.5 Å². The summed E-state index contributed by atoms with van der Waals surface area (Å²) in [6, 6.07) is 3.89. The van der Waals surface area contributed by atoms with Crippen LogP contribution in [0.2, 0.25) is 0 Å². The first-order valence-electron chi connectivity index (χ1n) is 5.24. The summed E-state index contributed by atoms with van der Waals surface area (Å²) >= 11 is 1.61. The molecule has 3 aromatic rings. The van der Waals surface area contributed by atoms with E-state index in [1.54, 1.807) is 17.5 Å². The number of pyridine rings is 1. The Morgan fingerprint density at radius 3 is 2.94 bits per heavy atom. The molecule has 0 aliphatic carbocycles. The van der Waals surface area contributed by atoms with E-state index in [0.29, 0.717) is 11.3 Å². The van der Waals surface area contributed by atoms with E-state index in [4.69, 9.17) is 10.3 Å². The number of anilines is 1. The normalized spacial score (nSPS) is 11.2. The molecule has 0 fully saturated rings. The van der Waals surface area contributed by atoms with Gasteiger partial charge >= 0.3 is 0 Å². The van der Waals surface area contributed by atoms with Crippen molar-refractivity contribution in [3.63, 3.8) is 0 Å². The quantitative estimate of drug-likeness (QED) is 0.715. The molecule has 0 saturated heterocycles. The maximum Gasteiger partial charge on any atom is 0.201 e. The molecule has 5 heteroatoms. The molecule has 0 atom stereocenters. The Labute approximate surface area is 102 Å². The van der Waals surface area contributed by atoms with Crippen molar-refractivity contribution < 1.29 is 4.52 Å². The molecule has 0 aliphatic heterocycles. The van der Waals surface area contributed by atoms with Gasteiger partial charge in [-0.25, -0.2) is 0 Å². The number of hydrogen-bond donors (Lipinski definition) is 1. The number of thiophene rings is 1. The summed E-state index contributed by atoms with van der Waals surface area (Å²) in [5, 5.41) is 4.10. The first-order valence-corrected chi connectivity index (χ1v) is 6.06. The van der Waals surface area contributed by atoms with Crippen LogP contribution in [0, 0.1) is 13.8 Å². The summed E-state index contributed by atoms with van der Waals surface area (Å²) in [4.78, 5) is 5.32. The average Bonchev–Trinajstić information content (AvgIpc) is 2.83. The molecule has 86 valence electrons. The van der Waals surface area contributed by atoms with Gasteiger partial charge in [0.15, 0.2) is 0 Å². The van der Waals surface area contributed by atoms with Crippen molar-refractivity contribution in [1.82, 2.24) is 10.1 Å². The van der Waals surface area contributed by atoms with Gasteiger partial charge in [-0.05, 0) is 26.0 Å². The summed E-state index contributed by atoms with van der Waals surface area (Å²) in [5.41, 5.74) is 10.1. The van der Waals surface area contributed by atoms with E-state index >= 15 is 0 Å². The van der Waals surface area contributed by atoms with Crippen LogP contribution in [0.15, 0.2) is 22.9 Å². The highest BCUT2D eigenvalue weighted by atomic mass is 32.1. The lowest BCUT2D eigenvalue weighted by Crippen LogP contribution is -1.85. The van der Waals surface area contributed by atoms with Gasteiger partial charge in [0.1, 0.15) is 10.4 Å². The van der Waals surface area contributed by atoms with Gasteiger partial charge in [0, 0.05) is 22.3 Å². The van der Waals surface area contributed by atoms with Gasteiger partial charge in [-0.15, -0.1) is 11.3 Å². The van der Waals surface area contributed by atoms with E-state index in [2.05, 4.69) is 10.1 Å². The standard InChI is InChI=1S/C12H11N3OS/c1-6-8(4-3-5-14-6)10-12-11(16-15-10)9(13)7(2)17-12/h3-5H,13H2,1-2H3. The van der Waals surface area contributed by atoms with Crippen molar-refractivity contribution in [2.75, 3.05) is 5.73 Å². The van der Waals surface area contributed by atoms with Crippen LogP contribution in [-0.2, 0) is 0 Å². The Morgan fingerprint density at radius 2 is 2.18 bits per heavy atom. The fourth-order valence-corrected chi connectivity index (χ4v) is 2.81. The molecule has 3 rings (SSSR count). The monoisotopic (exact) mass is 245 g/mol. The van der Waals surface area contributed by atoms with Crippen molar-refractivity contribution in [3.8, 4) is 11.3 Å². The number of fused-ring (bicyclic) bond motifs is 1. The van der Waals surface area contributed by atoms with Gasteiger partial charge in [-0.3, -0.25) is 4.98 Å². The minimum absolute atomic E-state index is 0.685. The summed E-state index contributed by atoms with van der Waals surface area (Å²) in [6.45, 7) is 3.94. The van der Waals surface area contributed by atoms with Crippen molar-refractivity contribution in [1.29, 1.82) is 0 Å². The van der Waals surface area contributed by atoms with Crippen molar-refractivity contribution in [2.45, 2.75) is 13.8 Å². The van der Waals surface area contributed by atoms with Crippen LogP contribution in [0.5, 0.6) is 0 Å². The van der Waals surface area contributed by atoms with Crippen LogP contribution >= 0.6 is 11.3 Å². The van der Waals surface area contributed by atoms with Gasteiger partial charge in [-0.1, -0.05) is 5.16 Å². The second-order valence-electron chi connectivity index (χ2n) is 3.90. The Morgan fingerprint density at radius 1 is 1.35 bits per heavy atom. The summed E-state index contributed by atoms with van der Waals surface area (Å²) in [6.07, 6.45) is 1.77. The number of hydrogen-bond acceptors (Lipinski definition) is 5. The average molecular weight is 245 g/mol. The van der Waals surface area contributed by atoms with Crippen LogP contribution in [0.25, 0.3) is 21.5 Å². The van der Waals surface area contributed by atoms with Crippen LogP contribution in [-0.4, -0.2) is 10.1 Å². The molecule has 2 N–H and O–H groups in total. The Bertz CT molecular complexity index is 699. The first kappa shape index (κ1) is 10.3. The maximum atomic E-state index is 5.93. The number of aryl methyl sites for hydroxylation is 2. The molecule has 0 radical (unpaired) electrons. The van der Waals surface area contributed by atoms with Gasteiger partial charge in [-0.2, -0.15) is 0 Å². The number of rotatable bonds is 1. The minimum Gasteiger partial charge on any atom is -0.395 e. The largest absolute Gasteiger partial charge is 0.395 e. The second kappa shape index (κ2) is 3.56. The molecular weight excluding hydrogens is 234 g/mol. The highest BCUT2D eigenvalue weighted by Crippen LogP contribution is 2.39. The van der Waals surface area contributed by atoms with Crippen molar-refractivity contribution in [2.24, 2.45) is 0 Å². The van der Waals surface area contributed by atoms with Crippen molar-refractivity contribution >= 4 is 27.3 Å². The zero-order chi connectivity index (χ0) is 12.0. The van der Waals surface area contributed by atoms with E-state index in [9.17, 15) is 0 Å². The molecule has 0 unspecified atom stereocenters. The predicted molar refractivity (Wildman–Crippen MR) is 69.0 cm³/mol. The van der Waals surface area contributed by atoms with Crippen molar-refractivity contribution in [3.05, 3.63) is 28.9 Å². The maximum absolute atomic E-state index is 5.93. The number of aromatic nitrogens is 2. The second-order valence-corrected chi connectivity index (χ2v) is 5.12. The Kier molecular flexibility index (Phi) is 2.16. The molecule has 0 saturated carbocycles. The lowest BCUT2D eigenvalue weighted by atomic mass is 10.1. The van der Waals surface area contributed by atoms with Gasteiger partial charge in [0.2, 0.25) is 5.58 Å². The molecule has 0 bridgehead atoms. The Balaban J connectivity index is 2.32. The fourth-order valence-electron chi connectivity index (χ4n) is 1.82.